The topological polar surface area (TPSA) is 76.5 Å². The van der Waals surface area contributed by atoms with Gasteiger partial charge in [-0.3, -0.25) is 9.59 Å². The molecule has 0 spiro atoms. The van der Waals surface area contributed by atoms with Gasteiger partial charge in [-0.1, -0.05) is 48.0 Å². The van der Waals surface area contributed by atoms with Gasteiger partial charge in [0.15, 0.2) is 0 Å². The highest BCUT2D eigenvalue weighted by molar-refractivity contribution is 6.30. The molecule has 1 aliphatic rings. The number of amides is 2. The van der Waals surface area contributed by atoms with E-state index in [1.807, 2.05) is 68.1 Å². The SMILES string of the molecule is Cc1nn(-c2cccc(Cl)c2)c(NC(=O)CCCC(=O)N2CC(C)OC(C)C2)c1-c1ccccc1. The molecule has 4 rings (SSSR count). The van der Waals surface area contributed by atoms with Gasteiger partial charge in [0.25, 0.3) is 0 Å². The Hall–Kier alpha value is -3.16. The van der Waals surface area contributed by atoms with Crippen LogP contribution in [0.25, 0.3) is 16.8 Å². The first-order valence-corrected chi connectivity index (χ1v) is 12.3. The van der Waals surface area contributed by atoms with Gasteiger partial charge in [0.2, 0.25) is 11.8 Å². The van der Waals surface area contributed by atoms with E-state index in [1.54, 1.807) is 16.8 Å². The van der Waals surface area contributed by atoms with Crippen LogP contribution in [0.2, 0.25) is 5.02 Å². The lowest BCUT2D eigenvalue weighted by molar-refractivity contribution is -0.143. The molecule has 3 aromatic rings. The summed E-state index contributed by atoms with van der Waals surface area (Å²) in [5, 5.41) is 8.35. The number of aryl methyl sites for hydroxylation is 1. The summed E-state index contributed by atoms with van der Waals surface area (Å²) in [7, 11) is 0. The van der Waals surface area contributed by atoms with Crippen molar-refractivity contribution in [2.75, 3.05) is 18.4 Å². The molecule has 0 saturated carbocycles. The van der Waals surface area contributed by atoms with Crippen LogP contribution in [0, 0.1) is 6.92 Å². The number of rotatable bonds is 7. The Morgan fingerprint density at radius 2 is 1.77 bits per heavy atom. The van der Waals surface area contributed by atoms with Crippen LogP contribution >= 0.6 is 11.6 Å². The summed E-state index contributed by atoms with van der Waals surface area (Å²) in [5.74, 6) is 0.481. The number of morpholine rings is 1. The zero-order valence-corrected chi connectivity index (χ0v) is 21.1. The number of halogens is 1. The standard InChI is InChI=1S/C27H31ClN4O3/c1-18-16-31(17-19(2)35-18)25(34)14-8-13-24(33)29-27-26(21-9-5-4-6-10-21)20(3)30-32(27)23-12-7-11-22(28)15-23/h4-7,9-12,15,18-19H,8,13-14,16-17H2,1-3H3,(H,29,33). The fourth-order valence-corrected chi connectivity index (χ4v) is 4.71. The molecule has 0 bridgehead atoms. The zero-order valence-electron chi connectivity index (χ0n) is 20.3. The number of nitrogens with one attached hydrogen (secondary N) is 1. The van der Waals surface area contributed by atoms with Crippen molar-refractivity contribution in [3.8, 4) is 16.8 Å². The minimum absolute atomic E-state index is 0.0254. The first kappa shape index (κ1) is 24.9. The highest BCUT2D eigenvalue weighted by Gasteiger charge is 2.26. The summed E-state index contributed by atoms with van der Waals surface area (Å²) >= 11 is 6.22. The van der Waals surface area contributed by atoms with E-state index < -0.39 is 0 Å². The van der Waals surface area contributed by atoms with Gasteiger partial charge in [-0.05, 0) is 51.0 Å². The maximum atomic E-state index is 13.0. The Kier molecular flexibility index (Phi) is 7.88. The summed E-state index contributed by atoms with van der Waals surface area (Å²) in [4.78, 5) is 27.5. The maximum absolute atomic E-state index is 13.0. The third-order valence-corrected chi connectivity index (χ3v) is 6.24. The number of carbonyl (C=O) groups is 2. The number of carbonyl (C=O) groups excluding carboxylic acids is 2. The van der Waals surface area contributed by atoms with Crippen LogP contribution < -0.4 is 5.32 Å². The van der Waals surface area contributed by atoms with Crippen molar-refractivity contribution in [2.45, 2.75) is 52.2 Å². The first-order valence-electron chi connectivity index (χ1n) is 12.0. The lowest BCUT2D eigenvalue weighted by Gasteiger charge is -2.35. The highest BCUT2D eigenvalue weighted by atomic mass is 35.5. The van der Waals surface area contributed by atoms with E-state index in [4.69, 9.17) is 21.4 Å². The van der Waals surface area contributed by atoms with Gasteiger partial charge in [0.05, 0.1) is 23.6 Å². The van der Waals surface area contributed by atoms with E-state index >= 15 is 0 Å². The van der Waals surface area contributed by atoms with Crippen LogP contribution in [-0.4, -0.2) is 51.8 Å². The Morgan fingerprint density at radius 1 is 1.06 bits per heavy atom. The Morgan fingerprint density at radius 3 is 2.46 bits per heavy atom. The fraction of sp³-hybridized carbons (Fsp3) is 0.370. The van der Waals surface area contributed by atoms with Crippen LogP contribution in [0.5, 0.6) is 0 Å². The van der Waals surface area contributed by atoms with Gasteiger partial charge in [-0.2, -0.15) is 5.10 Å². The smallest absolute Gasteiger partial charge is 0.225 e. The highest BCUT2D eigenvalue weighted by Crippen LogP contribution is 2.34. The Balaban J connectivity index is 1.49. The van der Waals surface area contributed by atoms with Crippen molar-refractivity contribution in [3.63, 3.8) is 0 Å². The van der Waals surface area contributed by atoms with Crippen LogP contribution in [0.15, 0.2) is 54.6 Å². The third-order valence-electron chi connectivity index (χ3n) is 6.00. The summed E-state index contributed by atoms with van der Waals surface area (Å²) in [6, 6.07) is 17.2. The van der Waals surface area contributed by atoms with Gasteiger partial charge in [-0.15, -0.1) is 0 Å². The minimum atomic E-state index is -0.165. The van der Waals surface area contributed by atoms with Gasteiger partial charge in [0.1, 0.15) is 5.82 Å². The summed E-state index contributed by atoms with van der Waals surface area (Å²) < 4.78 is 7.42. The second-order valence-corrected chi connectivity index (χ2v) is 9.46. The van der Waals surface area contributed by atoms with E-state index in [0.717, 1.165) is 22.5 Å². The molecule has 1 aromatic heterocycles. The number of nitrogens with zero attached hydrogens (tertiary/aromatic N) is 3. The molecule has 35 heavy (non-hydrogen) atoms. The largest absolute Gasteiger partial charge is 0.372 e. The number of ether oxygens (including phenoxy) is 1. The predicted octanol–water partition coefficient (Wildman–Crippen LogP) is 5.25. The quantitative estimate of drug-likeness (QED) is 0.487. The van der Waals surface area contributed by atoms with Crippen molar-refractivity contribution in [2.24, 2.45) is 0 Å². The summed E-state index contributed by atoms with van der Waals surface area (Å²) in [6.07, 6.45) is 1.07. The molecule has 1 N–H and O–H groups in total. The van der Waals surface area contributed by atoms with E-state index in [1.165, 1.54) is 0 Å². The molecule has 2 atom stereocenters. The first-order chi connectivity index (χ1) is 16.8. The molecule has 8 heteroatoms. The van der Waals surface area contributed by atoms with E-state index in [-0.39, 0.29) is 30.4 Å². The lowest BCUT2D eigenvalue weighted by Crippen LogP contribution is -2.48. The normalized spacial score (nSPS) is 17.9. The van der Waals surface area contributed by atoms with Gasteiger partial charge < -0.3 is 15.0 Å². The van der Waals surface area contributed by atoms with E-state index in [9.17, 15) is 9.59 Å². The monoisotopic (exact) mass is 494 g/mol. The summed E-state index contributed by atoms with van der Waals surface area (Å²) in [5.41, 5.74) is 3.35. The maximum Gasteiger partial charge on any atom is 0.225 e. The molecule has 1 aliphatic heterocycles. The number of hydrogen-bond donors (Lipinski definition) is 1. The molecule has 2 aromatic carbocycles. The molecule has 1 fully saturated rings. The fourth-order valence-electron chi connectivity index (χ4n) is 4.52. The molecular formula is C27H31ClN4O3. The second kappa shape index (κ2) is 11.1. The van der Waals surface area contributed by atoms with Crippen LogP contribution in [0.4, 0.5) is 5.82 Å². The molecule has 2 amide bonds. The second-order valence-electron chi connectivity index (χ2n) is 9.02. The van der Waals surface area contributed by atoms with Crippen molar-refractivity contribution in [1.29, 1.82) is 0 Å². The van der Waals surface area contributed by atoms with Crippen LogP contribution in [-0.2, 0) is 14.3 Å². The van der Waals surface area contributed by atoms with Crippen molar-refractivity contribution in [1.82, 2.24) is 14.7 Å². The molecule has 2 heterocycles. The van der Waals surface area contributed by atoms with Gasteiger partial charge in [-0.25, -0.2) is 4.68 Å². The minimum Gasteiger partial charge on any atom is -0.372 e. The zero-order chi connectivity index (χ0) is 24.9. The molecule has 2 unspecified atom stereocenters. The molecule has 7 nitrogen and oxygen atoms in total. The number of hydrogen-bond acceptors (Lipinski definition) is 4. The van der Waals surface area contributed by atoms with Crippen molar-refractivity contribution < 1.29 is 14.3 Å². The third kappa shape index (κ3) is 6.10. The number of anilines is 1. The van der Waals surface area contributed by atoms with Crippen molar-refractivity contribution >= 4 is 29.2 Å². The average molecular weight is 495 g/mol. The molecule has 0 aliphatic carbocycles. The lowest BCUT2D eigenvalue weighted by atomic mass is 10.1. The molecule has 1 saturated heterocycles. The van der Waals surface area contributed by atoms with Crippen molar-refractivity contribution in [3.05, 3.63) is 65.3 Å². The van der Waals surface area contributed by atoms with E-state index in [2.05, 4.69) is 5.32 Å². The molecular weight excluding hydrogens is 464 g/mol. The average Bonchev–Trinajstić information content (AvgIpc) is 3.14. The van der Waals surface area contributed by atoms with Crippen LogP contribution in [0.3, 0.4) is 0 Å². The molecule has 0 radical (unpaired) electrons. The van der Waals surface area contributed by atoms with Gasteiger partial charge >= 0.3 is 0 Å². The number of benzene rings is 2. The van der Waals surface area contributed by atoms with E-state index in [0.29, 0.717) is 36.8 Å². The number of aromatic nitrogens is 2. The Labute approximate surface area is 211 Å². The predicted molar refractivity (Wildman–Crippen MR) is 138 cm³/mol. The Bertz CT molecular complexity index is 1180. The summed E-state index contributed by atoms with van der Waals surface area (Å²) in [6.45, 7) is 7.04. The molecule has 184 valence electrons. The van der Waals surface area contributed by atoms with Gasteiger partial charge in [0, 0.05) is 36.5 Å². The van der Waals surface area contributed by atoms with Crippen LogP contribution in [0.1, 0.15) is 38.8 Å².